The molecule has 3 heterocycles. The van der Waals surface area contributed by atoms with Gasteiger partial charge in [-0.1, -0.05) is 6.07 Å². The third-order valence-electron chi connectivity index (χ3n) is 3.81. The molecule has 1 aliphatic rings. The Balaban J connectivity index is 1.65. The van der Waals surface area contributed by atoms with Gasteiger partial charge in [-0.3, -0.25) is 14.9 Å². The molecule has 1 saturated heterocycles. The number of aromatic nitrogens is 2. The summed E-state index contributed by atoms with van der Waals surface area (Å²) in [7, 11) is 0. The van der Waals surface area contributed by atoms with Crippen LogP contribution >= 0.6 is 0 Å². The van der Waals surface area contributed by atoms with E-state index in [2.05, 4.69) is 33.1 Å². The van der Waals surface area contributed by atoms with Gasteiger partial charge >= 0.3 is 0 Å². The molecule has 3 rings (SSSR count). The Bertz CT molecular complexity index is 498. The van der Waals surface area contributed by atoms with E-state index in [0.29, 0.717) is 5.92 Å². The summed E-state index contributed by atoms with van der Waals surface area (Å²) in [6.45, 7) is 3.34. The number of nitrogens with zero attached hydrogens (tertiary/aromatic N) is 3. The minimum atomic E-state index is 0.647. The summed E-state index contributed by atoms with van der Waals surface area (Å²) in [4.78, 5) is 10.8. The normalized spacial score (nSPS) is 20.3. The lowest BCUT2D eigenvalue weighted by molar-refractivity contribution is 0.200. The second-order valence-electron chi connectivity index (χ2n) is 5.22. The Morgan fingerprint density at radius 3 is 2.79 bits per heavy atom. The molecule has 2 aromatic rings. The van der Waals surface area contributed by atoms with Gasteiger partial charge in [-0.05, 0) is 54.6 Å². The van der Waals surface area contributed by atoms with Crippen LogP contribution in [0.25, 0.3) is 0 Å². The average molecular weight is 253 g/mol. The van der Waals surface area contributed by atoms with Crippen molar-refractivity contribution < 1.29 is 0 Å². The van der Waals surface area contributed by atoms with Crippen molar-refractivity contribution in [3.63, 3.8) is 0 Å². The first-order valence-electron chi connectivity index (χ1n) is 6.93. The van der Waals surface area contributed by atoms with E-state index < -0.39 is 0 Å². The molecular weight excluding hydrogens is 234 g/mol. The first kappa shape index (κ1) is 12.3. The highest BCUT2D eigenvalue weighted by Crippen LogP contribution is 2.27. The third-order valence-corrected chi connectivity index (χ3v) is 3.81. The smallest absolute Gasteiger partial charge is 0.0312 e. The van der Waals surface area contributed by atoms with Crippen LogP contribution in [-0.4, -0.2) is 28.0 Å². The van der Waals surface area contributed by atoms with Crippen molar-refractivity contribution in [3.05, 3.63) is 60.2 Å². The van der Waals surface area contributed by atoms with Crippen molar-refractivity contribution in [2.45, 2.75) is 25.3 Å². The molecular formula is C16H19N3. The summed E-state index contributed by atoms with van der Waals surface area (Å²) in [5.74, 6) is 0.647. The van der Waals surface area contributed by atoms with Gasteiger partial charge in [0.15, 0.2) is 0 Å². The van der Waals surface area contributed by atoms with E-state index in [1.165, 1.54) is 30.5 Å². The minimum absolute atomic E-state index is 0.647. The van der Waals surface area contributed by atoms with Crippen LogP contribution in [0.5, 0.6) is 0 Å². The first-order valence-corrected chi connectivity index (χ1v) is 6.93. The maximum atomic E-state index is 4.19. The number of hydrogen-bond acceptors (Lipinski definition) is 3. The van der Waals surface area contributed by atoms with Crippen molar-refractivity contribution in [1.29, 1.82) is 0 Å². The predicted octanol–water partition coefficient (Wildman–Crippen LogP) is 2.86. The molecule has 2 aromatic heterocycles. The van der Waals surface area contributed by atoms with Crippen LogP contribution in [0.15, 0.2) is 49.1 Å². The summed E-state index contributed by atoms with van der Waals surface area (Å²) >= 11 is 0. The quantitative estimate of drug-likeness (QED) is 0.842. The van der Waals surface area contributed by atoms with E-state index in [1.54, 1.807) is 0 Å². The monoisotopic (exact) mass is 253 g/mol. The summed E-state index contributed by atoms with van der Waals surface area (Å²) in [6.07, 6.45) is 10.2. The number of likely N-dealkylation sites (tertiary alicyclic amines) is 1. The molecule has 0 unspecified atom stereocenters. The van der Waals surface area contributed by atoms with Gasteiger partial charge in [0.1, 0.15) is 0 Å². The molecule has 1 aliphatic heterocycles. The Hall–Kier alpha value is -1.74. The Kier molecular flexibility index (Phi) is 3.84. The van der Waals surface area contributed by atoms with E-state index in [1.807, 2.05) is 30.9 Å². The molecule has 19 heavy (non-hydrogen) atoms. The fourth-order valence-electron chi connectivity index (χ4n) is 2.86. The summed E-state index contributed by atoms with van der Waals surface area (Å²) in [6, 6.07) is 8.47. The predicted molar refractivity (Wildman–Crippen MR) is 75.7 cm³/mol. The van der Waals surface area contributed by atoms with Crippen molar-refractivity contribution in [1.82, 2.24) is 14.9 Å². The molecule has 1 atom stereocenters. The Morgan fingerprint density at radius 2 is 2.00 bits per heavy atom. The SMILES string of the molecule is c1cncc(CN2CCC[C@@H](c3ccncc3)C2)c1. The van der Waals surface area contributed by atoms with Crippen molar-refractivity contribution in [3.8, 4) is 0 Å². The third kappa shape index (κ3) is 3.18. The van der Waals surface area contributed by atoms with Crippen molar-refractivity contribution in [2.24, 2.45) is 0 Å². The fraction of sp³-hybridized carbons (Fsp3) is 0.375. The second-order valence-corrected chi connectivity index (χ2v) is 5.22. The van der Waals surface area contributed by atoms with Gasteiger partial charge in [0.05, 0.1) is 0 Å². The van der Waals surface area contributed by atoms with Crippen LogP contribution in [0, 0.1) is 0 Å². The molecule has 0 saturated carbocycles. The first-order chi connectivity index (χ1) is 9.42. The lowest BCUT2D eigenvalue weighted by atomic mass is 9.91. The van der Waals surface area contributed by atoms with E-state index in [0.717, 1.165) is 13.1 Å². The van der Waals surface area contributed by atoms with Gasteiger partial charge in [0.2, 0.25) is 0 Å². The molecule has 0 spiro atoms. The summed E-state index contributed by atoms with van der Waals surface area (Å²) < 4.78 is 0. The molecule has 0 bridgehead atoms. The largest absolute Gasteiger partial charge is 0.298 e. The van der Waals surface area contributed by atoms with Gasteiger partial charge in [-0.25, -0.2) is 0 Å². The van der Waals surface area contributed by atoms with Crippen LogP contribution in [0.3, 0.4) is 0 Å². The molecule has 0 aromatic carbocycles. The van der Waals surface area contributed by atoms with Crippen molar-refractivity contribution in [2.75, 3.05) is 13.1 Å². The number of piperidine rings is 1. The van der Waals surface area contributed by atoms with Crippen LogP contribution < -0.4 is 0 Å². The van der Waals surface area contributed by atoms with Crippen LogP contribution in [-0.2, 0) is 6.54 Å². The molecule has 3 nitrogen and oxygen atoms in total. The molecule has 3 heteroatoms. The minimum Gasteiger partial charge on any atom is -0.298 e. The highest BCUT2D eigenvalue weighted by atomic mass is 15.1. The summed E-state index contributed by atoms with van der Waals surface area (Å²) in [5, 5.41) is 0. The number of hydrogen-bond donors (Lipinski definition) is 0. The highest BCUT2D eigenvalue weighted by molar-refractivity contribution is 5.17. The zero-order valence-electron chi connectivity index (χ0n) is 11.1. The molecule has 0 radical (unpaired) electrons. The van der Waals surface area contributed by atoms with E-state index in [9.17, 15) is 0 Å². The van der Waals surface area contributed by atoms with Gasteiger partial charge < -0.3 is 0 Å². The Labute approximate surface area is 114 Å². The zero-order chi connectivity index (χ0) is 12.9. The molecule has 0 amide bonds. The fourth-order valence-corrected chi connectivity index (χ4v) is 2.86. The van der Waals surface area contributed by atoms with Gasteiger partial charge in [0, 0.05) is 37.9 Å². The molecule has 0 N–H and O–H groups in total. The van der Waals surface area contributed by atoms with E-state index in [-0.39, 0.29) is 0 Å². The van der Waals surface area contributed by atoms with Crippen molar-refractivity contribution >= 4 is 0 Å². The van der Waals surface area contributed by atoms with Gasteiger partial charge in [-0.2, -0.15) is 0 Å². The van der Waals surface area contributed by atoms with Gasteiger partial charge in [0.25, 0.3) is 0 Å². The lowest BCUT2D eigenvalue weighted by Crippen LogP contribution is -2.33. The topological polar surface area (TPSA) is 29.0 Å². The summed E-state index contributed by atoms with van der Waals surface area (Å²) in [5.41, 5.74) is 2.73. The lowest BCUT2D eigenvalue weighted by Gasteiger charge is -2.32. The Morgan fingerprint density at radius 1 is 1.11 bits per heavy atom. The standard InChI is InChI=1S/C16H19N3/c1-3-14(11-18-7-1)12-19-10-2-4-16(13-19)15-5-8-17-9-6-15/h1,3,5-9,11,16H,2,4,10,12-13H2/t16-/m1/s1. The maximum Gasteiger partial charge on any atom is 0.0312 e. The molecule has 98 valence electrons. The van der Waals surface area contributed by atoms with Crippen LogP contribution in [0.2, 0.25) is 0 Å². The zero-order valence-corrected chi connectivity index (χ0v) is 11.1. The van der Waals surface area contributed by atoms with E-state index in [4.69, 9.17) is 0 Å². The maximum absolute atomic E-state index is 4.19. The highest BCUT2D eigenvalue weighted by Gasteiger charge is 2.21. The number of rotatable bonds is 3. The van der Waals surface area contributed by atoms with Gasteiger partial charge in [-0.15, -0.1) is 0 Å². The molecule has 1 fully saturated rings. The van der Waals surface area contributed by atoms with Crippen LogP contribution in [0.4, 0.5) is 0 Å². The number of pyridine rings is 2. The average Bonchev–Trinajstić information content (AvgIpc) is 2.49. The van der Waals surface area contributed by atoms with Crippen LogP contribution in [0.1, 0.15) is 29.9 Å². The second kappa shape index (κ2) is 5.93. The van der Waals surface area contributed by atoms with E-state index >= 15 is 0 Å². The molecule has 0 aliphatic carbocycles.